The Hall–Kier alpha value is -1.44. The minimum absolute atomic E-state index is 0.0794. The Bertz CT molecular complexity index is 478. The van der Waals surface area contributed by atoms with Crippen LogP contribution in [0.5, 0.6) is 0 Å². The number of nitrogens with zero attached hydrogens (tertiary/aromatic N) is 2. The SMILES string of the molecule is N#Cc1ccc(F)c(CN(CCO)C2CCCCC2)c1. The maximum Gasteiger partial charge on any atom is 0.127 e. The van der Waals surface area contributed by atoms with E-state index in [9.17, 15) is 9.50 Å². The zero-order chi connectivity index (χ0) is 14.4. The zero-order valence-electron chi connectivity index (χ0n) is 11.7. The minimum atomic E-state index is -0.275. The summed E-state index contributed by atoms with van der Waals surface area (Å²) in [5, 5.41) is 18.1. The molecule has 20 heavy (non-hydrogen) atoms. The Morgan fingerprint density at radius 3 is 2.70 bits per heavy atom. The number of aliphatic hydroxyl groups is 1. The van der Waals surface area contributed by atoms with Crippen LogP contribution in [-0.4, -0.2) is 29.2 Å². The highest BCUT2D eigenvalue weighted by Gasteiger charge is 2.21. The fourth-order valence-corrected chi connectivity index (χ4v) is 2.95. The average Bonchev–Trinajstić information content (AvgIpc) is 2.49. The van der Waals surface area contributed by atoms with Crippen molar-refractivity contribution in [2.75, 3.05) is 13.2 Å². The number of aliphatic hydroxyl groups excluding tert-OH is 1. The molecule has 4 heteroatoms. The smallest absolute Gasteiger partial charge is 0.127 e. The van der Waals surface area contributed by atoms with Crippen LogP contribution in [0.4, 0.5) is 4.39 Å². The summed E-state index contributed by atoms with van der Waals surface area (Å²) in [6.07, 6.45) is 5.89. The van der Waals surface area contributed by atoms with Gasteiger partial charge >= 0.3 is 0 Å². The summed E-state index contributed by atoms with van der Waals surface area (Å²) in [5.74, 6) is -0.275. The molecule has 1 aromatic rings. The molecule has 2 rings (SSSR count). The van der Waals surface area contributed by atoms with Crippen LogP contribution in [0.2, 0.25) is 0 Å². The summed E-state index contributed by atoms with van der Waals surface area (Å²) in [6.45, 7) is 1.10. The van der Waals surface area contributed by atoms with Crippen molar-refractivity contribution in [2.24, 2.45) is 0 Å². The second-order valence-electron chi connectivity index (χ2n) is 5.40. The third-order valence-electron chi connectivity index (χ3n) is 4.03. The van der Waals surface area contributed by atoms with E-state index in [1.165, 1.54) is 31.4 Å². The van der Waals surface area contributed by atoms with E-state index in [0.717, 1.165) is 12.8 Å². The predicted octanol–water partition coefficient (Wildman–Crippen LogP) is 2.82. The van der Waals surface area contributed by atoms with Crippen molar-refractivity contribution >= 4 is 0 Å². The van der Waals surface area contributed by atoms with Crippen molar-refractivity contribution < 1.29 is 9.50 Å². The molecule has 1 N–H and O–H groups in total. The van der Waals surface area contributed by atoms with Crippen LogP contribution in [0, 0.1) is 17.1 Å². The van der Waals surface area contributed by atoms with Crippen LogP contribution < -0.4 is 0 Å². The van der Waals surface area contributed by atoms with Gasteiger partial charge in [-0.2, -0.15) is 5.26 Å². The van der Waals surface area contributed by atoms with Gasteiger partial charge in [-0.1, -0.05) is 19.3 Å². The van der Waals surface area contributed by atoms with E-state index in [-0.39, 0.29) is 12.4 Å². The van der Waals surface area contributed by atoms with Gasteiger partial charge in [-0.3, -0.25) is 4.90 Å². The molecule has 0 unspecified atom stereocenters. The number of halogens is 1. The summed E-state index contributed by atoms with van der Waals surface area (Å²) in [4.78, 5) is 2.15. The fraction of sp³-hybridized carbons (Fsp3) is 0.562. The standard InChI is InChI=1S/C16H21FN2O/c17-16-7-6-13(11-18)10-14(16)12-19(8-9-20)15-4-2-1-3-5-15/h6-7,10,15,20H,1-5,8-9,12H2. The van der Waals surface area contributed by atoms with Gasteiger partial charge in [0.15, 0.2) is 0 Å². The molecule has 0 aliphatic heterocycles. The molecule has 0 bridgehead atoms. The molecule has 0 spiro atoms. The minimum Gasteiger partial charge on any atom is -0.395 e. The molecule has 0 saturated heterocycles. The van der Waals surface area contributed by atoms with E-state index in [4.69, 9.17) is 5.26 Å². The van der Waals surface area contributed by atoms with Crippen molar-refractivity contribution in [1.29, 1.82) is 5.26 Å². The summed E-state index contributed by atoms with van der Waals surface area (Å²) in [6, 6.07) is 6.92. The number of hydrogen-bond acceptors (Lipinski definition) is 3. The molecule has 0 atom stereocenters. The topological polar surface area (TPSA) is 47.3 Å². The van der Waals surface area contributed by atoms with Gasteiger partial charge in [0.1, 0.15) is 5.82 Å². The number of rotatable bonds is 5. The second-order valence-corrected chi connectivity index (χ2v) is 5.40. The first-order valence-electron chi connectivity index (χ1n) is 7.28. The quantitative estimate of drug-likeness (QED) is 0.899. The first-order chi connectivity index (χ1) is 9.74. The normalized spacial score (nSPS) is 16.3. The van der Waals surface area contributed by atoms with Crippen LogP contribution >= 0.6 is 0 Å². The van der Waals surface area contributed by atoms with E-state index < -0.39 is 0 Å². The summed E-state index contributed by atoms with van der Waals surface area (Å²) in [5.41, 5.74) is 1.03. The maximum atomic E-state index is 13.9. The van der Waals surface area contributed by atoms with Crippen molar-refractivity contribution in [2.45, 2.75) is 44.7 Å². The van der Waals surface area contributed by atoms with Crippen LogP contribution in [0.15, 0.2) is 18.2 Å². The van der Waals surface area contributed by atoms with E-state index in [1.54, 1.807) is 6.07 Å². The molecule has 1 fully saturated rings. The largest absolute Gasteiger partial charge is 0.395 e. The van der Waals surface area contributed by atoms with Crippen LogP contribution in [0.3, 0.4) is 0 Å². The highest BCUT2D eigenvalue weighted by atomic mass is 19.1. The molecule has 1 aliphatic carbocycles. The Morgan fingerprint density at radius 1 is 1.30 bits per heavy atom. The lowest BCUT2D eigenvalue weighted by Crippen LogP contribution is -2.38. The third kappa shape index (κ3) is 3.78. The molecule has 1 aliphatic rings. The van der Waals surface area contributed by atoms with Crippen LogP contribution in [0.1, 0.15) is 43.2 Å². The summed E-state index contributed by atoms with van der Waals surface area (Å²) >= 11 is 0. The third-order valence-corrected chi connectivity index (χ3v) is 4.03. The van der Waals surface area contributed by atoms with Gasteiger partial charge in [-0.25, -0.2) is 4.39 Å². The monoisotopic (exact) mass is 276 g/mol. The molecule has 108 valence electrons. The lowest BCUT2D eigenvalue weighted by atomic mass is 9.93. The Labute approximate surface area is 119 Å². The van der Waals surface area contributed by atoms with Crippen molar-refractivity contribution in [1.82, 2.24) is 4.90 Å². The Kier molecular flexibility index (Phi) is 5.51. The van der Waals surface area contributed by atoms with Crippen molar-refractivity contribution in [3.05, 3.63) is 35.1 Å². The number of hydrogen-bond donors (Lipinski definition) is 1. The van der Waals surface area contributed by atoms with Gasteiger partial charge in [0, 0.05) is 24.7 Å². The number of benzene rings is 1. The van der Waals surface area contributed by atoms with Crippen LogP contribution in [-0.2, 0) is 6.54 Å². The molecule has 1 aromatic carbocycles. The van der Waals surface area contributed by atoms with Gasteiger partial charge in [-0.05, 0) is 31.0 Å². The second kappa shape index (κ2) is 7.37. The van der Waals surface area contributed by atoms with Gasteiger partial charge in [0.25, 0.3) is 0 Å². The first kappa shape index (κ1) is 15.0. The van der Waals surface area contributed by atoms with E-state index in [0.29, 0.717) is 30.3 Å². The molecule has 3 nitrogen and oxygen atoms in total. The van der Waals surface area contributed by atoms with E-state index >= 15 is 0 Å². The fourth-order valence-electron chi connectivity index (χ4n) is 2.95. The molecule has 1 saturated carbocycles. The molecule has 0 radical (unpaired) electrons. The lowest BCUT2D eigenvalue weighted by Gasteiger charge is -2.34. The van der Waals surface area contributed by atoms with Gasteiger partial charge in [-0.15, -0.1) is 0 Å². The zero-order valence-corrected chi connectivity index (χ0v) is 11.7. The van der Waals surface area contributed by atoms with Gasteiger partial charge < -0.3 is 5.11 Å². The van der Waals surface area contributed by atoms with E-state index in [2.05, 4.69) is 4.90 Å². The summed E-state index contributed by atoms with van der Waals surface area (Å²) < 4.78 is 13.9. The predicted molar refractivity (Wildman–Crippen MR) is 75.5 cm³/mol. The summed E-state index contributed by atoms with van der Waals surface area (Å²) in [7, 11) is 0. The average molecular weight is 276 g/mol. The van der Waals surface area contributed by atoms with Gasteiger partial charge in [0.05, 0.1) is 18.2 Å². The molecular weight excluding hydrogens is 255 g/mol. The van der Waals surface area contributed by atoms with Crippen LogP contribution in [0.25, 0.3) is 0 Å². The Balaban J connectivity index is 2.12. The molecule has 0 amide bonds. The van der Waals surface area contributed by atoms with Crippen molar-refractivity contribution in [3.63, 3.8) is 0 Å². The molecule has 0 aromatic heterocycles. The highest BCUT2D eigenvalue weighted by molar-refractivity contribution is 5.33. The number of nitriles is 1. The first-order valence-corrected chi connectivity index (χ1v) is 7.28. The lowest BCUT2D eigenvalue weighted by molar-refractivity contribution is 0.116. The highest BCUT2D eigenvalue weighted by Crippen LogP contribution is 2.24. The Morgan fingerprint density at radius 2 is 2.05 bits per heavy atom. The van der Waals surface area contributed by atoms with Crippen molar-refractivity contribution in [3.8, 4) is 6.07 Å². The van der Waals surface area contributed by atoms with Gasteiger partial charge in [0.2, 0.25) is 0 Å². The molecular formula is C16H21FN2O. The maximum absolute atomic E-state index is 13.9. The van der Waals surface area contributed by atoms with E-state index in [1.807, 2.05) is 6.07 Å². The molecule has 0 heterocycles.